The molecule has 1 aliphatic carbocycles. The number of aromatic nitrogens is 2. The fourth-order valence-corrected chi connectivity index (χ4v) is 1.28. The third-order valence-electron chi connectivity index (χ3n) is 2.40. The molecule has 1 saturated carbocycles. The highest BCUT2D eigenvalue weighted by Crippen LogP contribution is 2.33. The summed E-state index contributed by atoms with van der Waals surface area (Å²) in [7, 11) is 0. The Labute approximate surface area is 103 Å². The van der Waals surface area contributed by atoms with Crippen LogP contribution in [0.1, 0.15) is 39.0 Å². The van der Waals surface area contributed by atoms with Crippen molar-refractivity contribution in [2.75, 3.05) is 0 Å². The quantitative estimate of drug-likeness (QED) is 0.805. The van der Waals surface area contributed by atoms with E-state index in [1.54, 1.807) is 23.3 Å². The highest BCUT2D eigenvalue weighted by atomic mass is 79.9. The Balaban J connectivity index is 0.000000245. The van der Waals surface area contributed by atoms with Gasteiger partial charge in [0, 0.05) is 18.6 Å². The van der Waals surface area contributed by atoms with Gasteiger partial charge in [0.25, 0.3) is 0 Å². The van der Waals surface area contributed by atoms with E-state index in [-0.39, 0.29) is 17.0 Å². The molecule has 1 aromatic rings. The van der Waals surface area contributed by atoms with Crippen LogP contribution in [0.15, 0.2) is 25.3 Å². The predicted molar refractivity (Wildman–Crippen MR) is 71.2 cm³/mol. The minimum Gasteiger partial charge on any atom is -0.314 e. The van der Waals surface area contributed by atoms with E-state index in [0.29, 0.717) is 0 Å². The molecular weight excluding hydrogens is 252 g/mol. The first-order valence-electron chi connectivity index (χ1n) is 5.46. The Hall–Kier alpha value is -0.570. The van der Waals surface area contributed by atoms with Crippen molar-refractivity contribution in [3.63, 3.8) is 0 Å². The molecule has 2 nitrogen and oxygen atoms in total. The van der Waals surface area contributed by atoms with Crippen LogP contribution in [0.3, 0.4) is 0 Å². The lowest BCUT2D eigenvalue weighted by molar-refractivity contribution is 0.654. The largest absolute Gasteiger partial charge is 0.314 e. The maximum absolute atomic E-state index is 3.78. The van der Waals surface area contributed by atoms with Gasteiger partial charge in [-0.3, -0.25) is 0 Å². The molecular formula is C12H21BrN2. The van der Waals surface area contributed by atoms with Crippen molar-refractivity contribution < 1.29 is 0 Å². The first kappa shape index (κ1) is 14.4. The molecule has 0 aliphatic heterocycles. The maximum Gasteiger partial charge on any atom is 0.0986 e. The van der Waals surface area contributed by atoms with Crippen molar-refractivity contribution in [1.29, 1.82) is 0 Å². The van der Waals surface area contributed by atoms with E-state index >= 15 is 0 Å². The van der Waals surface area contributed by atoms with E-state index < -0.39 is 0 Å². The van der Waals surface area contributed by atoms with Crippen LogP contribution in [-0.2, 0) is 0 Å². The fourth-order valence-electron chi connectivity index (χ4n) is 1.28. The SMILES string of the molecule is Br.C=Cn1ccnc1.CCCCC1CC1. The molecule has 0 N–H and O–H groups in total. The Bertz CT molecular complexity index is 240. The van der Waals surface area contributed by atoms with Crippen LogP contribution < -0.4 is 0 Å². The van der Waals surface area contributed by atoms with Gasteiger partial charge < -0.3 is 4.57 Å². The van der Waals surface area contributed by atoms with Crippen LogP contribution in [0.4, 0.5) is 0 Å². The lowest BCUT2D eigenvalue weighted by Gasteiger charge is -1.88. The number of rotatable bonds is 4. The molecule has 0 amide bonds. The minimum absolute atomic E-state index is 0. The topological polar surface area (TPSA) is 17.8 Å². The first-order valence-corrected chi connectivity index (χ1v) is 5.46. The zero-order chi connectivity index (χ0) is 10.2. The summed E-state index contributed by atoms with van der Waals surface area (Å²) in [6, 6.07) is 0. The third-order valence-corrected chi connectivity index (χ3v) is 2.40. The summed E-state index contributed by atoms with van der Waals surface area (Å²) in [5.74, 6) is 1.15. The molecule has 15 heavy (non-hydrogen) atoms. The van der Waals surface area contributed by atoms with Crippen molar-refractivity contribution in [2.24, 2.45) is 5.92 Å². The molecule has 1 heterocycles. The molecule has 3 heteroatoms. The molecule has 0 aromatic carbocycles. The molecule has 1 aromatic heterocycles. The standard InChI is InChI=1S/C7H14.C5H6N2.BrH/c1-2-3-4-7-5-6-7;1-2-7-4-3-6-5-7;/h7H,2-6H2,1H3;2-5H,1H2;1H. The van der Waals surface area contributed by atoms with E-state index in [0.717, 1.165) is 5.92 Å². The second-order valence-electron chi connectivity index (χ2n) is 3.78. The highest BCUT2D eigenvalue weighted by molar-refractivity contribution is 8.93. The van der Waals surface area contributed by atoms with Gasteiger partial charge in [0.05, 0.1) is 6.33 Å². The summed E-state index contributed by atoms with van der Waals surface area (Å²) < 4.78 is 1.78. The third kappa shape index (κ3) is 7.37. The average molecular weight is 273 g/mol. The number of hydrogen-bond acceptors (Lipinski definition) is 1. The average Bonchev–Trinajstić information content (AvgIpc) is 2.89. The number of halogens is 1. The van der Waals surface area contributed by atoms with Gasteiger partial charge in [0.1, 0.15) is 0 Å². The zero-order valence-electron chi connectivity index (χ0n) is 9.43. The van der Waals surface area contributed by atoms with Gasteiger partial charge in [0.15, 0.2) is 0 Å². The second kappa shape index (κ2) is 8.72. The van der Waals surface area contributed by atoms with Crippen LogP contribution in [-0.4, -0.2) is 9.55 Å². The molecule has 0 atom stereocenters. The Morgan fingerprint density at radius 3 is 2.60 bits per heavy atom. The summed E-state index contributed by atoms with van der Waals surface area (Å²) in [6.45, 7) is 5.79. The van der Waals surface area contributed by atoms with E-state index in [1.165, 1.54) is 32.1 Å². The first-order chi connectivity index (χ1) is 6.86. The van der Waals surface area contributed by atoms with Gasteiger partial charge in [-0.1, -0.05) is 45.6 Å². The van der Waals surface area contributed by atoms with Crippen molar-refractivity contribution >= 4 is 23.2 Å². The number of hydrogen-bond donors (Lipinski definition) is 0. The van der Waals surface area contributed by atoms with Crippen LogP contribution in [0.5, 0.6) is 0 Å². The number of unbranched alkanes of at least 4 members (excludes halogenated alkanes) is 1. The Kier molecular flexibility index (Phi) is 8.38. The zero-order valence-corrected chi connectivity index (χ0v) is 11.1. The van der Waals surface area contributed by atoms with Crippen molar-refractivity contribution in [2.45, 2.75) is 39.0 Å². The van der Waals surface area contributed by atoms with E-state index in [9.17, 15) is 0 Å². The summed E-state index contributed by atoms with van der Waals surface area (Å²) in [5.41, 5.74) is 0. The molecule has 2 rings (SSSR count). The van der Waals surface area contributed by atoms with Gasteiger partial charge in [-0.05, 0) is 5.92 Å². The van der Waals surface area contributed by atoms with Gasteiger partial charge in [-0.25, -0.2) is 4.98 Å². The monoisotopic (exact) mass is 272 g/mol. The van der Waals surface area contributed by atoms with Crippen LogP contribution in [0.2, 0.25) is 0 Å². The number of imidazole rings is 1. The van der Waals surface area contributed by atoms with Gasteiger partial charge >= 0.3 is 0 Å². The predicted octanol–water partition coefficient (Wildman–Crippen LogP) is 4.15. The van der Waals surface area contributed by atoms with Crippen LogP contribution in [0.25, 0.3) is 6.20 Å². The maximum atomic E-state index is 3.78. The number of nitrogens with zero attached hydrogens (tertiary/aromatic N) is 2. The Morgan fingerprint density at radius 2 is 2.27 bits per heavy atom. The fraction of sp³-hybridized carbons (Fsp3) is 0.583. The lowest BCUT2D eigenvalue weighted by Crippen LogP contribution is -1.73. The summed E-state index contributed by atoms with van der Waals surface area (Å²) in [6.07, 6.45) is 14.3. The molecule has 86 valence electrons. The second-order valence-corrected chi connectivity index (χ2v) is 3.78. The van der Waals surface area contributed by atoms with E-state index in [4.69, 9.17) is 0 Å². The normalized spacial score (nSPS) is 13.4. The van der Waals surface area contributed by atoms with Crippen molar-refractivity contribution in [3.05, 3.63) is 25.3 Å². The van der Waals surface area contributed by atoms with Gasteiger partial charge in [0.2, 0.25) is 0 Å². The molecule has 1 aliphatic rings. The smallest absolute Gasteiger partial charge is 0.0986 e. The molecule has 0 unspecified atom stereocenters. The van der Waals surface area contributed by atoms with E-state index in [1.807, 2.05) is 6.20 Å². The van der Waals surface area contributed by atoms with Crippen LogP contribution in [0, 0.1) is 5.92 Å². The molecule has 0 saturated heterocycles. The lowest BCUT2D eigenvalue weighted by atomic mass is 10.2. The minimum atomic E-state index is 0. The molecule has 0 spiro atoms. The summed E-state index contributed by atoms with van der Waals surface area (Å²) >= 11 is 0. The van der Waals surface area contributed by atoms with Gasteiger partial charge in [-0.2, -0.15) is 0 Å². The highest BCUT2D eigenvalue weighted by Gasteiger charge is 2.19. The molecule has 0 radical (unpaired) electrons. The summed E-state index contributed by atoms with van der Waals surface area (Å²) in [4.78, 5) is 3.78. The Morgan fingerprint density at radius 1 is 1.53 bits per heavy atom. The summed E-state index contributed by atoms with van der Waals surface area (Å²) in [5, 5.41) is 0. The van der Waals surface area contributed by atoms with Crippen molar-refractivity contribution in [1.82, 2.24) is 9.55 Å². The van der Waals surface area contributed by atoms with Crippen molar-refractivity contribution in [3.8, 4) is 0 Å². The molecule has 1 fully saturated rings. The molecule has 0 bridgehead atoms. The van der Waals surface area contributed by atoms with Gasteiger partial charge in [-0.15, -0.1) is 17.0 Å². The van der Waals surface area contributed by atoms with E-state index in [2.05, 4.69) is 18.5 Å². The van der Waals surface area contributed by atoms with Crippen LogP contribution >= 0.6 is 17.0 Å².